The average Bonchev–Trinajstić information content (AvgIpc) is 2.85. The van der Waals surface area contributed by atoms with Crippen LogP contribution in [0.4, 0.5) is 36.4 Å². The van der Waals surface area contributed by atoms with Crippen molar-refractivity contribution in [3.8, 4) is 11.1 Å². The Bertz CT molecular complexity index is 1440. The summed E-state index contributed by atoms with van der Waals surface area (Å²) in [5.74, 6) is -1.32. The van der Waals surface area contributed by atoms with E-state index in [1.54, 1.807) is 11.9 Å². The minimum absolute atomic E-state index is 0.0155. The molecule has 2 heterocycles. The molecule has 0 unspecified atom stereocenters. The van der Waals surface area contributed by atoms with Gasteiger partial charge in [-0.3, -0.25) is 9.59 Å². The molecule has 12 heteroatoms. The first kappa shape index (κ1) is 28.2. The summed E-state index contributed by atoms with van der Waals surface area (Å²) in [6, 6.07) is 6.41. The van der Waals surface area contributed by atoms with Gasteiger partial charge in [-0.15, -0.1) is 0 Å². The predicted molar refractivity (Wildman–Crippen MR) is 131 cm³/mol. The number of carbonyl (C=O) groups is 1. The number of rotatable bonds is 4. The molecule has 0 spiro atoms. The second kappa shape index (κ2) is 10.0. The highest BCUT2D eigenvalue weighted by Crippen LogP contribution is 2.38. The zero-order valence-electron chi connectivity index (χ0n) is 21.2. The number of halogens is 7. The van der Waals surface area contributed by atoms with E-state index < -0.39 is 47.3 Å². The molecule has 208 valence electrons. The fourth-order valence-corrected chi connectivity index (χ4v) is 4.88. The molecule has 1 amide bonds. The van der Waals surface area contributed by atoms with Gasteiger partial charge in [0, 0.05) is 39.8 Å². The number of alkyl halides is 6. The molecule has 4 rings (SSSR count). The van der Waals surface area contributed by atoms with Gasteiger partial charge in [0.1, 0.15) is 17.2 Å². The SMILES string of the molecule is CN(Cc1cc(C(F)(F)F)cc(C(F)(F)F)c1)C(=O)c1c(-c2ccc(F)cc2)c2c(c(=O)n1C)N(C)CCC2. The van der Waals surface area contributed by atoms with E-state index in [-0.39, 0.29) is 17.3 Å². The zero-order chi connectivity index (χ0) is 28.9. The molecule has 0 fully saturated rings. The van der Waals surface area contributed by atoms with Crippen LogP contribution in [-0.4, -0.2) is 36.0 Å². The summed E-state index contributed by atoms with van der Waals surface area (Å²) in [6.07, 6.45) is -8.97. The van der Waals surface area contributed by atoms with Crippen molar-refractivity contribution in [2.45, 2.75) is 31.7 Å². The van der Waals surface area contributed by atoms with Crippen molar-refractivity contribution < 1.29 is 35.5 Å². The van der Waals surface area contributed by atoms with E-state index in [1.165, 1.54) is 38.4 Å². The fourth-order valence-electron chi connectivity index (χ4n) is 4.88. The first-order valence-electron chi connectivity index (χ1n) is 11.9. The van der Waals surface area contributed by atoms with Gasteiger partial charge in [-0.25, -0.2) is 4.39 Å². The second-order valence-corrected chi connectivity index (χ2v) is 9.52. The fraction of sp³-hybridized carbons (Fsp3) is 0.333. The topological polar surface area (TPSA) is 45.6 Å². The summed E-state index contributed by atoms with van der Waals surface area (Å²) in [5, 5.41) is 0. The normalized spacial score (nSPS) is 13.8. The molecule has 5 nitrogen and oxygen atoms in total. The Morgan fingerprint density at radius 1 is 0.949 bits per heavy atom. The third kappa shape index (κ3) is 5.50. The van der Waals surface area contributed by atoms with Gasteiger partial charge < -0.3 is 14.4 Å². The lowest BCUT2D eigenvalue weighted by Crippen LogP contribution is -2.39. The Morgan fingerprint density at radius 2 is 1.51 bits per heavy atom. The number of benzene rings is 2. The van der Waals surface area contributed by atoms with Crippen molar-refractivity contribution in [1.29, 1.82) is 0 Å². The van der Waals surface area contributed by atoms with Crippen LogP contribution in [0.5, 0.6) is 0 Å². The number of carbonyl (C=O) groups excluding carboxylic acids is 1. The molecule has 3 aromatic rings. The van der Waals surface area contributed by atoms with Crippen LogP contribution in [0.3, 0.4) is 0 Å². The monoisotopic (exact) mass is 555 g/mol. The molecular formula is C27H24F7N3O2. The lowest BCUT2D eigenvalue weighted by atomic mass is 9.90. The van der Waals surface area contributed by atoms with Gasteiger partial charge in [-0.05, 0) is 59.9 Å². The van der Waals surface area contributed by atoms with Crippen molar-refractivity contribution in [2.75, 3.05) is 25.5 Å². The lowest BCUT2D eigenvalue weighted by Gasteiger charge is -2.31. The van der Waals surface area contributed by atoms with E-state index in [1.807, 2.05) is 0 Å². The third-order valence-electron chi connectivity index (χ3n) is 6.72. The van der Waals surface area contributed by atoms with Gasteiger partial charge in [0.05, 0.1) is 11.1 Å². The number of pyridine rings is 1. The minimum atomic E-state index is -5.04. The van der Waals surface area contributed by atoms with Crippen molar-refractivity contribution in [3.05, 3.63) is 86.6 Å². The molecule has 2 aromatic carbocycles. The average molecular weight is 555 g/mol. The van der Waals surface area contributed by atoms with E-state index in [2.05, 4.69) is 0 Å². The Balaban J connectivity index is 1.85. The van der Waals surface area contributed by atoms with Crippen LogP contribution in [0.15, 0.2) is 47.3 Å². The molecule has 0 atom stereocenters. The summed E-state index contributed by atoms with van der Waals surface area (Å²) in [5.41, 5.74) is -2.24. The Labute approximate surface area is 219 Å². The van der Waals surface area contributed by atoms with Crippen molar-refractivity contribution in [2.24, 2.45) is 7.05 Å². The standard InChI is InChI=1S/C27H24F7N3O2/c1-35-10-4-5-20-21(16-6-8-19(28)9-7-16)23(37(3)25(39)22(20)35)24(38)36(2)14-15-11-17(26(29,30)31)13-18(12-15)27(32,33)34/h6-9,11-13H,4-5,10,14H2,1-3H3. The van der Waals surface area contributed by atoms with Gasteiger partial charge in [0.25, 0.3) is 11.5 Å². The van der Waals surface area contributed by atoms with E-state index in [0.717, 1.165) is 9.47 Å². The van der Waals surface area contributed by atoms with Gasteiger partial charge in [0.2, 0.25) is 0 Å². The summed E-state index contributed by atoms with van der Waals surface area (Å²) in [4.78, 5) is 29.8. The van der Waals surface area contributed by atoms with E-state index in [4.69, 9.17) is 0 Å². The highest BCUT2D eigenvalue weighted by atomic mass is 19.4. The van der Waals surface area contributed by atoms with Gasteiger partial charge in [0.15, 0.2) is 0 Å². The highest BCUT2D eigenvalue weighted by molar-refractivity contribution is 6.01. The molecule has 1 aromatic heterocycles. The lowest BCUT2D eigenvalue weighted by molar-refractivity contribution is -0.143. The summed E-state index contributed by atoms with van der Waals surface area (Å²) >= 11 is 0. The van der Waals surface area contributed by atoms with Crippen LogP contribution in [-0.2, 0) is 32.4 Å². The molecule has 1 aliphatic rings. The van der Waals surface area contributed by atoms with Crippen LogP contribution in [0.2, 0.25) is 0 Å². The Hall–Kier alpha value is -3.83. The third-order valence-corrected chi connectivity index (χ3v) is 6.72. The maximum absolute atomic E-state index is 13.7. The number of amides is 1. The molecule has 0 saturated carbocycles. The van der Waals surface area contributed by atoms with E-state index in [0.29, 0.717) is 53.9 Å². The van der Waals surface area contributed by atoms with E-state index in [9.17, 15) is 40.3 Å². The van der Waals surface area contributed by atoms with E-state index >= 15 is 0 Å². The molecule has 0 radical (unpaired) electrons. The number of aromatic nitrogens is 1. The smallest absolute Gasteiger partial charge is 0.370 e. The van der Waals surface area contributed by atoms with Gasteiger partial charge in [-0.1, -0.05) is 12.1 Å². The Morgan fingerprint density at radius 3 is 2.05 bits per heavy atom. The van der Waals surface area contributed by atoms with Crippen molar-refractivity contribution in [3.63, 3.8) is 0 Å². The van der Waals surface area contributed by atoms with Crippen LogP contribution >= 0.6 is 0 Å². The van der Waals surface area contributed by atoms with Crippen molar-refractivity contribution in [1.82, 2.24) is 9.47 Å². The van der Waals surface area contributed by atoms with Crippen LogP contribution in [0, 0.1) is 5.82 Å². The highest BCUT2D eigenvalue weighted by Gasteiger charge is 2.37. The maximum atomic E-state index is 13.7. The molecule has 0 N–H and O–H groups in total. The number of anilines is 1. The zero-order valence-corrected chi connectivity index (χ0v) is 21.2. The number of hydrogen-bond donors (Lipinski definition) is 0. The van der Waals surface area contributed by atoms with Crippen LogP contribution in [0.25, 0.3) is 11.1 Å². The molecule has 0 aliphatic carbocycles. The van der Waals surface area contributed by atoms with Crippen LogP contribution in [0.1, 0.15) is 39.2 Å². The molecular weight excluding hydrogens is 531 g/mol. The molecule has 1 aliphatic heterocycles. The van der Waals surface area contributed by atoms with Crippen molar-refractivity contribution >= 4 is 11.6 Å². The molecule has 0 bridgehead atoms. The molecule has 0 saturated heterocycles. The summed E-state index contributed by atoms with van der Waals surface area (Å²) in [7, 11) is 4.32. The molecule has 39 heavy (non-hydrogen) atoms. The first-order chi connectivity index (χ1) is 18.1. The summed E-state index contributed by atoms with van der Waals surface area (Å²) < 4.78 is 94.9. The maximum Gasteiger partial charge on any atom is 0.416 e. The number of hydrogen-bond acceptors (Lipinski definition) is 3. The largest absolute Gasteiger partial charge is 0.416 e. The second-order valence-electron chi connectivity index (χ2n) is 9.52. The van der Waals surface area contributed by atoms with Gasteiger partial charge in [-0.2, -0.15) is 26.3 Å². The number of fused-ring (bicyclic) bond motifs is 1. The quantitative estimate of drug-likeness (QED) is 0.378. The Kier molecular flexibility index (Phi) is 7.26. The van der Waals surface area contributed by atoms with Gasteiger partial charge >= 0.3 is 12.4 Å². The van der Waals surface area contributed by atoms with Crippen LogP contribution < -0.4 is 10.5 Å². The predicted octanol–water partition coefficient (Wildman–Crippen LogP) is 5.88. The first-order valence-corrected chi connectivity index (χ1v) is 11.9. The summed E-state index contributed by atoms with van der Waals surface area (Å²) in [6.45, 7) is -0.00471. The number of nitrogens with zero attached hydrogens (tertiary/aromatic N) is 3. The minimum Gasteiger partial charge on any atom is -0.370 e.